The Bertz CT molecular complexity index is 1100. The lowest BCUT2D eigenvalue weighted by molar-refractivity contribution is -0.749. The molecule has 2 aliphatic rings. The second kappa shape index (κ2) is 7.27. The van der Waals surface area contributed by atoms with Crippen LogP contribution < -0.4 is 16.5 Å². The van der Waals surface area contributed by atoms with E-state index in [0.717, 1.165) is 0 Å². The number of hydrogen-bond acceptors (Lipinski definition) is 5. The van der Waals surface area contributed by atoms with E-state index >= 15 is 0 Å². The van der Waals surface area contributed by atoms with Gasteiger partial charge < -0.3 is 10.6 Å². The third kappa shape index (κ3) is 3.49. The number of carbonyl (C=O) groups excluding carboxylic acids is 2. The first-order valence-electron chi connectivity index (χ1n) is 8.94. The van der Waals surface area contributed by atoms with Crippen molar-refractivity contribution in [1.82, 2.24) is 0 Å². The number of quaternary nitrogens is 1. The normalized spacial score (nSPS) is 19.6. The molecule has 8 heteroatoms. The fourth-order valence-corrected chi connectivity index (χ4v) is 3.11. The molecule has 2 heterocycles. The van der Waals surface area contributed by atoms with Crippen molar-refractivity contribution < 1.29 is 14.2 Å². The Morgan fingerprint density at radius 1 is 0.931 bits per heavy atom. The fraction of sp³-hybridized carbons (Fsp3) is 0.0476. The standard InChI is InChI=1S/C21H18N6O2/c1-14-18-13-23-11-12-27(18,22)19(24-14)21(29)26-17-9-7-16(8-10-17)25-20(28)15-5-3-2-4-6-15/h2-13H,22H2,1H3,(H-,23,24,25,26,28,29)/p+1. The quantitative estimate of drug-likeness (QED) is 0.554. The molecule has 2 amide bonds. The van der Waals surface area contributed by atoms with Crippen LogP contribution in [0.4, 0.5) is 11.4 Å². The van der Waals surface area contributed by atoms with Gasteiger partial charge in [-0.3, -0.25) is 14.6 Å². The Morgan fingerprint density at radius 3 is 2.21 bits per heavy atom. The zero-order valence-electron chi connectivity index (χ0n) is 15.7. The number of nitrogens with two attached hydrogens (primary N) is 1. The van der Waals surface area contributed by atoms with Crippen LogP contribution in [0.5, 0.6) is 0 Å². The molecule has 0 aromatic heterocycles. The SMILES string of the molecule is CC1=C2C=NC=C[N+]2(N)C(C(=O)Nc2ccc(NC(=O)c3ccccc3)cc2)=N1. The average Bonchev–Trinajstić information content (AvgIpc) is 3.01. The second-order valence-electron chi connectivity index (χ2n) is 6.61. The predicted molar refractivity (Wildman–Crippen MR) is 112 cm³/mol. The number of nitrogens with zero attached hydrogens (tertiary/aromatic N) is 3. The van der Waals surface area contributed by atoms with Crippen LogP contribution in [0.2, 0.25) is 0 Å². The molecule has 0 bridgehead atoms. The van der Waals surface area contributed by atoms with E-state index in [9.17, 15) is 9.59 Å². The summed E-state index contributed by atoms with van der Waals surface area (Å²) in [6.45, 7) is 1.78. The van der Waals surface area contributed by atoms with Gasteiger partial charge in [0.05, 0.1) is 12.4 Å². The molecule has 0 saturated heterocycles. The Morgan fingerprint density at radius 2 is 1.55 bits per heavy atom. The molecule has 2 aromatic rings. The van der Waals surface area contributed by atoms with Gasteiger partial charge in [-0.25, -0.2) is 0 Å². The zero-order chi connectivity index (χ0) is 20.4. The highest BCUT2D eigenvalue weighted by atomic mass is 16.2. The number of rotatable bonds is 4. The fourth-order valence-electron chi connectivity index (χ4n) is 3.11. The number of allylic oxidation sites excluding steroid dienone is 2. The van der Waals surface area contributed by atoms with E-state index in [1.807, 2.05) is 6.07 Å². The van der Waals surface area contributed by atoms with Crippen molar-refractivity contribution in [1.29, 1.82) is 0 Å². The molecule has 8 nitrogen and oxygen atoms in total. The predicted octanol–water partition coefficient (Wildman–Crippen LogP) is 2.77. The minimum atomic E-state index is -0.414. The van der Waals surface area contributed by atoms with Gasteiger partial charge in [-0.15, -0.1) is 4.59 Å². The van der Waals surface area contributed by atoms with Gasteiger partial charge in [0.15, 0.2) is 0 Å². The Labute approximate surface area is 167 Å². The highest BCUT2D eigenvalue weighted by molar-refractivity contribution is 6.40. The highest BCUT2D eigenvalue weighted by Gasteiger charge is 2.45. The zero-order valence-corrected chi connectivity index (χ0v) is 15.7. The number of amidine groups is 1. The largest absolute Gasteiger partial charge is 0.333 e. The van der Waals surface area contributed by atoms with Crippen molar-refractivity contribution in [3.05, 3.63) is 84.0 Å². The number of carbonyl (C=O) groups is 2. The first kappa shape index (κ1) is 18.5. The van der Waals surface area contributed by atoms with E-state index in [1.165, 1.54) is 6.20 Å². The molecule has 4 N–H and O–H groups in total. The summed E-state index contributed by atoms with van der Waals surface area (Å²) in [5.41, 5.74) is 3.04. The summed E-state index contributed by atoms with van der Waals surface area (Å²) in [6.07, 6.45) is 4.74. The Kier molecular flexibility index (Phi) is 4.63. The van der Waals surface area contributed by atoms with E-state index in [-0.39, 0.29) is 16.3 Å². The minimum absolute atomic E-state index is 0.154. The van der Waals surface area contributed by atoms with Gasteiger partial charge in [-0.1, -0.05) is 18.2 Å². The van der Waals surface area contributed by atoms with Crippen molar-refractivity contribution in [2.24, 2.45) is 15.8 Å². The summed E-state index contributed by atoms with van der Waals surface area (Å²) in [5.74, 6) is 5.89. The highest BCUT2D eigenvalue weighted by Crippen LogP contribution is 2.28. The smallest absolute Gasteiger partial charge is 0.322 e. The molecule has 0 spiro atoms. The third-order valence-corrected chi connectivity index (χ3v) is 4.62. The first-order valence-corrected chi connectivity index (χ1v) is 8.94. The van der Waals surface area contributed by atoms with E-state index in [4.69, 9.17) is 5.84 Å². The van der Waals surface area contributed by atoms with Crippen LogP contribution in [-0.4, -0.2) is 28.5 Å². The monoisotopic (exact) mass is 387 g/mol. The van der Waals surface area contributed by atoms with Crippen molar-refractivity contribution in [3.63, 3.8) is 0 Å². The number of amides is 2. The number of benzene rings is 2. The summed E-state index contributed by atoms with van der Waals surface area (Å²) in [5, 5.41) is 5.61. The van der Waals surface area contributed by atoms with E-state index in [2.05, 4.69) is 20.6 Å². The molecule has 2 aromatic carbocycles. The van der Waals surface area contributed by atoms with Crippen molar-refractivity contribution >= 4 is 35.2 Å². The lowest BCUT2D eigenvalue weighted by Gasteiger charge is -2.25. The molecular weight excluding hydrogens is 368 g/mol. The van der Waals surface area contributed by atoms with E-state index in [0.29, 0.717) is 28.3 Å². The summed E-state index contributed by atoms with van der Waals surface area (Å²) < 4.78 is -0.313. The molecule has 144 valence electrons. The molecule has 0 fully saturated rings. The first-order chi connectivity index (χ1) is 14.0. The molecule has 0 saturated carbocycles. The van der Waals surface area contributed by atoms with Gasteiger partial charge in [0.2, 0.25) is 5.70 Å². The lowest BCUT2D eigenvalue weighted by atomic mass is 10.2. The van der Waals surface area contributed by atoms with E-state index < -0.39 is 5.91 Å². The molecule has 2 aliphatic heterocycles. The molecule has 29 heavy (non-hydrogen) atoms. The number of nitrogens with one attached hydrogen (secondary N) is 2. The summed E-state index contributed by atoms with van der Waals surface area (Å²) in [7, 11) is 0. The van der Waals surface area contributed by atoms with Gasteiger partial charge in [-0.05, 0) is 43.3 Å². The second-order valence-corrected chi connectivity index (χ2v) is 6.61. The van der Waals surface area contributed by atoms with Crippen LogP contribution in [-0.2, 0) is 4.79 Å². The summed E-state index contributed by atoms with van der Waals surface area (Å²) in [6, 6.07) is 15.7. The molecule has 1 unspecified atom stereocenters. The lowest BCUT2D eigenvalue weighted by Crippen LogP contribution is -2.56. The van der Waals surface area contributed by atoms with Crippen LogP contribution in [0.15, 0.2) is 88.4 Å². The summed E-state index contributed by atoms with van der Waals surface area (Å²) >= 11 is 0. The number of anilines is 2. The Balaban J connectivity index is 1.44. The maximum Gasteiger partial charge on any atom is 0.333 e. The number of fused-ring (bicyclic) bond motifs is 1. The van der Waals surface area contributed by atoms with Crippen LogP contribution in [0.1, 0.15) is 17.3 Å². The maximum atomic E-state index is 12.8. The average molecular weight is 387 g/mol. The third-order valence-electron chi connectivity index (χ3n) is 4.62. The minimum Gasteiger partial charge on any atom is -0.322 e. The summed E-state index contributed by atoms with van der Waals surface area (Å²) in [4.78, 5) is 33.3. The number of hydrogen-bond donors (Lipinski definition) is 3. The molecular formula is C21H19N6O2+. The van der Waals surface area contributed by atoms with Gasteiger partial charge >= 0.3 is 11.7 Å². The molecule has 4 rings (SSSR count). The topological polar surface area (TPSA) is 109 Å². The van der Waals surface area contributed by atoms with Crippen LogP contribution in [0.3, 0.4) is 0 Å². The van der Waals surface area contributed by atoms with Gasteiger partial charge in [0, 0.05) is 16.9 Å². The Hall–Kier alpha value is -3.88. The maximum absolute atomic E-state index is 12.8. The van der Waals surface area contributed by atoms with Crippen molar-refractivity contribution in [2.45, 2.75) is 6.92 Å². The number of aliphatic imine (C=N–C) groups is 2. The van der Waals surface area contributed by atoms with Crippen molar-refractivity contribution in [2.75, 3.05) is 10.6 Å². The van der Waals surface area contributed by atoms with Gasteiger partial charge in [0.25, 0.3) is 5.91 Å². The van der Waals surface area contributed by atoms with Crippen molar-refractivity contribution in [3.8, 4) is 0 Å². The molecule has 0 radical (unpaired) electrons. The van der Waals surface area contributed by atoms with Crippen LogP contribution in [0.25, 0.3) is 0 Å². The molecule has 0 aliphatic carbocycles. The van der Waals surface area contributed by atoms with E-state index in [1.54, 1.807) is 67.9 Å². The van der Waals surface area contributed by atoms with Gasteiger partial charge in [-0.2, -0.15) is 10.8 Å². The molecule has 1 atom stereocenters. The van der Waals surface area contributed by atoms with Crippen LogP contribution >= 0.6 is 0 Å². The van der Waals surface area contributed by atoms with Gasteiger partial charge in [0.1, 0.15) is 11.9 Å². The van der Waals surface area contributed by atoms with Crippen LogP contribution in [0, 0.1) is 0 Å².